The molecule has 0 aliphatic carbocycles. The van der Waals surface area contributed by atoms with Crippen LogP contribution < -0.4 is 10.1 Å². The standard InChI is InChI=1S/C19H14ClF3N2O2/c1-2-27-15-6-3-12(4-7-15)9-13(11-24)18(26)25-17-10-14(19(21,22)23)5-8-16(17)20/h3-10H,2H2,1H3,(H,25,26). The van der Waals surface area contributed by atoms with E-state index in [0.717, 1.165) is 12.1 Å². The summed E-state index contributed by atoms with van der Waals surface area (Å²) in [6, 6.07) is 10.9. The third-order valence-electron chi connectivity index (χ3n) is 3.41. The Morgan fingerprint density at radius 3 is 2.48 bits per heavy atom. The summed E-state index contributed by atoms with van der Waals surface area (Å²) in [6.07, 6.45) is -3.27. The van der Waals surface area contributed by atoms with Crippen LogP contribution in [0.25, 0.3) is 6.08 Å². The van der Waals surface area contributed by atoms with E-state index < -0.39 is 17.6 Å². The molecule has 0 bridgehead atoms. The molecule has 0 unspecified atom stereocenters. The van der Waals surface area contributed by atoms with Crippen LogP contribution in [0.15, 0.2) is 48.0 Å². The first-order valence-corrected chi connectivity index (χ1v) is 8.15. The Hall–Kier alpha value is -2.98. The second-order valence-electron chi connectivity index (χ2n) is 5.32. The molecule has 0 atom stereocenters. The number of carbonyl (C=O) groups excluding carboxylic acids is 1. The maximum absolute atomic E-state index is 12.8. The number of ether oxygens (including phenoxy) is 1. The van der Waals surface area contributed by atoms with Gasteiger partial charge in [0.15, 0.2) is 0 Å². The maximum atomic E-state index is 12.8. The van der Waals surface area contributed by atoms with E-state index in [9.17, 15) is 23.2 Å². The van der Waals surface area contributed by atoms with Crippen molar-refractivity contribution in [3.05, 3.63) is 64.2 Å². The molecule has 8 heteroatoms. The van der Waals surface area contributed by atoms with Gasteiger partial charge in [-0.1, -0.05) is 23.7 Å². The lowest BCUT2D eigenvalue weighted by molar-refractivity contribution is -0.137. The van der Waals surface area contributed by atoms with E-state index in [1.807, 2.05) is 6.92 Å². The summed E-state index contributed by atoms with van der Waals surface area (Å²) in [4.78, 5) is 12.3. The van der Waals surface area contributed by atoms with E-state index in [2.05, 4.69) is 5.32 Å². The maximum Gasteiger partial charge on any atom is 0.416 e. The van der Waals surface area contributed by atoms with Crippen LogP contribution in [0.1, 0.15) is 18.1 Å². The quantitative estimate of drug-likeness (QED) is 0.552. The van der Waals surface area contributed by atoms with Crippen molar-refractivity contribution in [1.29, 1.82) is 5.26 Å². The fourth-order valence-electron chi connectivity index (χ4n) is 2.13. The van der Waals surface area contributed by atoms with Crippen LogP contribution in [0.3, 0.4) is 0 Å². The molecule has 0 saturated heterocycles. The summed E-state index contributed by atoms with van der Waals surface area (Å²) in [5.74, 6) is -0.235. The Bertz CT molecular complexity index is 901. The molecule has 0 aliphatic heterocycles. The van der Waals surface area contributed by atoms with E-state index in [1.54, 1.807) is 30.3 Å². The van der Waals surface area contributed by atoms with Crippen LogP contribution >= 0.6 is 11.6 Å². The normalized spacial score (nSPS) is 11.6. The van der Waals surface area contributed by atoms with Gasteiger partial charge in [-0.05, 0) is 48.9 Å². The minimum Gasteiger partial charge on any atom is -0.494 e. The molecule has 0 fully saturated rings. The smallest absolute Gasteiger partial charge is 0.416 e. The Morgan fingerprint density at radius 1 is 1.26 bits per heavy atom. The van der Waals surface area contributed by atoms with Gasteiger partial charge in [-0.15, -0.1) is 0 Å². The van der Waals surface area contributed by atoms with Gasteiger partial charge in [0.05, 0.1) is 22.9 Å². The lowest BCUT2D eigenvalue weighted by Crippen LogP contribution is -2.15. The molecule has 0 saturated carbocycles. The number of hydrogen-bond acceptors (Lipinski definition) is 3. The SMILES string of the molecule is CCOc1ccc(C=C(C#N)C(=O)Nc2cc(C(F)(F)F)ccc2Cl)cc1. The number of anilines is 1. The van der Waals surface area contributed by atoms with Crippen molar-refractivity contribution in [2.45, 2.75) is 13.1 Å². The number of nitrogens with zero attached hydrogens (tertiary/aromatic N) is 1. The zero-order valence-electron chi connectivity index (χ0n) is 14.1. The van der Waals surface area contributed by atoms with Crippen LogP contribution in [0.2, 0.25) is 5.02 Å². The highest BCUT2D eigenvalue weighted by Crippen LogP contribution is 2.34. The molecule has 0 spiro atoms. The molecular formula is C19H14ClF3N2O2. The number of halogens is 4. The lowest BCUT2D eigenvalue weighted by Gasteiger charge is -2.11. The Labute approximate surface area is 158 Å². The minimum absolute atomic E-state index is 0.0743. The van der Waals surface area contributed by atoms with E-state index in [-0.39, 0.29) is 16.3 Å². The largest absolute Gasteiger partial charge is 0.494 e. The molecule has 2 rings (SSSR count). The number of benzene rings is 2. The summed E-state index contributed by atoms with van der Waals surface area (Å²) in [6.45, 7) is 2.34. The highest BCUT2D eigenvalue weighted by Gasteiger charge is 2.31. The van der Waals surface area contributed by atoms with Gasteiger partial charge in [0, 0.05) is 0 Å². The molecular weight excluding hydrogens is 381 g/mol. The number of hydrogen-bond donors (Lipinski definition) is 1. The average Bonchev–Trinajstić information content (AvgIpc) is 2.62. The second kappa shape index (κ2) is 8.60. The number of nitriles is 1. The van der Waals surface area contributed by atoms with Crippen molar-refractivity contribution in [3.63, 3.8) is 0 Å². The van der Waals surface area contributed by atoms with E-state index in [4.69, 9.17) is 16.3 Å². The third-order valence-corrected chi connectivity index (χ3v) is 3.74. The van der Waals surface area contributed by atoms with Crippen molar-refractivity contribution < 1.29 is 22.7 Å². The van der Waals surface area contributed by atoms with E-state index in [1.165, 1.54) is 6.08 Å². The van der Waals surface area contributed by atoms with Gasteiger partial charge in [-0.3, -0.25) is 4.79 Å². The first-order chi connectivity index (χ1) is 12.7. The molecule has 2 aromatic rings. The van der Waals surface area contributed by atoms with Crippen molar-refractivity contribution >= 4 is 29.3 Å². The lowest BCUT2D eigenvalue weighted by atomic mass is 10.1. The van der Waals surface area contributed by atoms with Gasteiger partial charge in [-0.2, -0.15) is 18.4 Å². The third kappa shape index (κ3) is 5.50. The predicted octanol–water partition coefficient (Wildman–Crippen LogP) is 5.30. The van der Waals surface area contributed by atoms with E-state index in [0.29, 0.717) is 24.0 Å². The number of carbonyl (C=O) groups is 1. The highest BCUT2D eigenvalue weighted by molar-refractivity contribution is 6.34. The fourth-order valence-corrected chi connectivity index (χ4v) is 2.29. The summed E-state index contributed by atoms with van der Waals surface area (Å²) in [5, 5.41) is 11.4. The zero-order chi connectivity index (χ0) is 20.0. The number of nitrogens with one attached hydrogen (secondary N) is 1. The first kappa shape index (κ1) is 20.3. The van der Waals surface area contributed by atoms with Gasteiger partial charge >= 0.3 is 6.18 Å². The molecule has 140 valence electrons. The zero-order valence-corrected chi connectivity index (χ0v) is 14.9. The van der Waals surface area contributed by atoms with Crippen molar-refractivity contribution in [1.82, 2.24) is 0 Å². The molecule has 0 aromatic heterocycles. The Kier molecular flexibility index (Phi) is 6.48. The minimum atomic E-state index is -4.58. The molecule has 2 aromatic carbocycles. The van der Waals surface area contributed by atoms with Crippen LogP contribution in [0.5, 0.6) is 5.75 Å². The van der Waals surface area contributed by atoms with Gasteiger partial charge in [-0.25, -0.2) is 0 Å². The first-order valence-electron chi connectivity index (χ1n) is 7.77. The summed E-state index contributed by atoms with van der Waals surface area (Å²) in [5.41, 5.74) is -0.923. The van der Waals surface area contributed by atoms with Crippen LogP contribution in [-0.4, -0.2) is 12.5 Å². The van der Waals surface area contributed by atoms with Crippen LogP contribution in [0.4, 0.5) is 18.9 Å². The highest BCUT2D eigenvalue weighted by atomic mass is 35.5. The Morgan fingerprint density at radius 2 is 1.93 bits per heavy atom. The summed E-state index contributed by atoms with van der Waals surface area (Å²) < 4.78 is 43.7. The van der Waals surface area contributed by atoms with Crippen LogP contribution in [0, 0.1) is 11.3 Å². The number of rotatable bonds is 5. The molecule has 4 nitrogen and oxygen atoms in total. The number of amides is 1. The van der Waals surface area contributed by atoms with E-state index >= 15 is 0 Å². The molecule has 1 amide bonds. The summed E-state index contributed by atoms with van der Waals surface area (Å²) >= 11 is 5.85. The monoisotopic (exact) mass is 394 g/mol. The van der Waals surface area contributed by atoms with Gasteiger partial charge in [0.1, 0.15) is 17.4 Å². The average molecular weight is 395 g/mol. The molecule has 27 heavy (non-hydrogen) atoms. The molecule has 0 radical (unpaired) electrons. The second-order valence-corrected chi connectivity index (χ2v) is 5.73. The van der Waals surface area contributed by atoms with Crippen molar-refractivity contribution in [2.24, 2.45) is 0 Å². The number of alkyl halides is 3. The Balaban J connectivity index is 2.24. The molecule has 1 N–H and O–H groups in total. The van der Waals surface area contributed by atoms with Crippen molar-refractivity contribution in [3.8, 4) is 11.8 Å². The molecule has 0 heterocycles. The van der Waals surface area contributed by atoms with Gasteiger partial charge in [0.2, 0.25) is 0 Å². The van der Waals surface area contributed by atoms with Gasteiger partial charge in [0.25, 0.3) is 5.91 Å². The molecule has 0 aliphatic rings. The topological polar surface area (TPSA) is 62.1 Å². The predicted molar refractivity (Wildman–Crippen MR) is 96.3 cm³/mol. The van der Waals surface area contributed by atoms with Gasteiger partial charge < -0.3 is 10.1 Å². The van der Waals surface area contributed by atoms with Crippen molar-refractivity contribution in [2.75, 3.05) is 11.9 Å². The summed E-state index contributed by atoms with van der Waals surface area (Å²) in [7, 11) is 0. The fraction of sp³-hybridized carbons (Fsp3) is 0.158. The van der Waals surface area contributed by atoms with Crippen LogP contribution in [-0.2, 0) is 11.0 Å².